The fraction of sp³-hybridized carbons (Fsp3) is 0.556. The average Bonchev–Trinajstić information content (AvgIpc) is 2.56. The van der Waals surface area contributed by atoms with Crippen molar-refractivity contribution < 1.29 is 19.2 Å². The molecule has 0 bridgehead atoms. The number of primary amides is 4. The summed E-state index contributed by atoms with van der Waals surface area (Å²) in [7, 11) is 0. The monoisotopic (exact) mass is 242 g/mol. The maximum absolute atomic E-state index is 11.3. The number of amides is 4. The minimum Gasteiger partial charge on any atom is -0.369 e. The van der Waals surface area contributed by atoms with E-state index >= 15 is 0 Å². The fourth-order valence-electron chi connectivity index (χ4n) is 2.40. The maximum atomic E-state index is 11.3. The summed E-state index contributed by atoms with van der Waals surface area (Å²) in [5.74, 6) is -7.68. The van der Waals surface area contributed by atoms with Crippen molar-refractivity contribution in [2.75, 3.05) is 0 Å². The summed E-state index contributed by atoms with van der Waals surface area (Å²) in [6, 6.07) is 0. The molecule has 1 saturated carbocycles. The van der Waals surface area contributed by atoms with Crippen LogP contribution in [-0.4, -0.2) is 23.6 Å². The van der Waals surface area contributed by atoms with Crippen molar-refractivity contribution in [3.8, 4) is 0 Å². The summed E-state index contributed by atoms with van der Waals surface area (Å²) >= 11 is 0. The topological polar surface area (TPSA) is 172 Å². The Labute approximate surface area is 96.7 Å². The van der Waals surface area contributed by atoms with Crippen LogP contribution < -0.4 is 22.9 Å². The van der Waals surface area contributed by atoms with E-state index in [-0.39, 0.29) is 6.42 Å². The van der Waals surface area contributed by atoms with E-state index in [1.54, 1.807) is 0 Å². The van der Waals surface area contributed by atoms with Crippen LogP contribution in [0.15, 0.2) is 0 Å². The molecule has 17 heavy (non-hydrogen) atoms. The van der Waals surface area contributed by atoms with Gasteiger partial charge >= 0.3 is 0 Å². The fourth-order valence-corrected chi connectivity index (χ4v) is 2.40. The van der Waals surface area contributed by atoms with Gasteiger partial charge in [0.2, 0.25) is 23.6 Å². The predicted molar refractivity (Wildman–Crippen MR) is 55.4 cm³/mol. The Hall–Kier alpha value is -2.12. The van der Waals surface area contributed by atoms with Gasteiger partial charge in [0.15, 0.2) is 0 Å². The van der Waals surface area contributed by atoms with Crippen molar-refractivity contribution >= 4 is 23.6 Å². The number of carbonyl (C=O) groups is 4. The molecule has 1 fully saturated rings. The van der Waals surface area contributed by atoms with Crippen LogP contribution in [0.3, 0.4) is 0 Å². The quantitative estimate of drug-likeness (QED) is 0.406. The second-order valence-electron chi connectivity index (χ2n) is 4.11. The van der Waals surface area contributed by atoms with E-state index in [1.807, 2.05) is 0 Å². The first-order valence-electron chi connectivity index (χ1n) is 4.94. The molecule has 0 radical (unpaired) electrons. The predicted octanol–water partition coefficient (Wildman–Crippen LogP) is -3.20. The standard InChI is InChI=1S/C9H14N4O4/c10-6(14)2-1-3(7(11)15)5(9(13)17)4(2)8(12)16/h2-5H,1H2,(H2,10,14)(H2,11,15)(H2,12,16)(H2,13,17). The minimum atomic E-state index is -1.16. The number of hydrogen-bond donors (Lipinski definition) is 4. The Kier molecular flexibility index (Phi) is 3.35. The van der Waals surface area contributed by atoms with Gasteiger partial charge in [0.05, 0.1) is 23.7 Å². The van der Waals surface area contributed by atoms with Crippen LogP contribution in [0.25, 0.3) is 0 Å². The summed E-state index contributed by atoms with van der Waals surface area (Å²) in [4.78, 5) is 44.8. The Balaban J connectivity index is 3.17. The van der Waals surface area contributed by atoms with E-state index in [1.165, 1.54) is 0 Å². The molecule has 0 heterocycles. The van der Waals surface area contributed by atoms with Crippen molar-refractivity contribution in [3.05, 3.63) is 0 Å². The van der Waals surface area contributed by atoms with Crippen LogP contribution in [0.4, 0.5) is 0 Å². The first-order valence-corrected chi connectivity index (χ1v) is 4.94. The van der Waals surface area contributed by atoms with E-state index in [0.717, 1.165) is 0 Å². The molecule has 0 aromatic heterocycles. The minimum absolute atomic E-state index is 0.0775. The van der Waals surface area contributed by atoms with Gasteiger partial charge in [-0.15, -0.1) is 0 Å². The summed E-state index contributed by atoms with van der Waals surface area (Å²) in [6.07, 6.45) is -0.0775. The van der Waals surface area contributed by atoms with Gasteiger partial charge in [-0.25, -0.2) is 0 Å². The lowest BCUT2D eigenvalue weighted by Gasteiger charge is -2.18. The summed E-state index contributed by atoms with van der Waals surface area (Å²) in [5.41, 5.74) is 20.4. The number of rotatable bonds is 4. The Morgan fingerprint density at radius 1 is 0.647 bits per heavy atom. The Morgan fingerprint density at radius 2 is 0.941 bits per heavy atom. The molecule has 4 atom stereocenters. The molecule has 0 spiro atoms. The van der Waals surface area contributed by atoms with Gasteiger partial charge in [0.25, 0.3) is 0 Å². The third kappa shape index (κ3) is 2.19. The van der Waals surface area contributed by atoms with Crippen LogP contribution in [0, 0.1) is 23.7 Å². The lowest BCUT2D eigenvalue weighted by molar-refractivity contribution is -0.137. The lowest BCUT2D eigenvalue weighted by atomic mass is 9.85. The normalized spacial score (nSPS) is 32.0. The van der Waals surface area contributed by atoms with Crippen molar-refractivity contribution in [2.24, 2.45) is 46.6 Å². The molecule has 0 aliphatic heterocycles. The average molecular weight is 242 g/mol. The molecule has 0 aromatic rings. The third-order valence-corrected chi connectivity index (χ3v) is 3.15. The number of hydrogen-bond acceptors (Lipinski definition) is 4. The molecule has 1 aliphatic rings. The summed E-state index contributed by atoms with van der Waals surface area (Å²) < 4.78 is 0. The number of nitrogens with two attached hydrogens (primary N) is 4. The smallest absolute Gasteiger partial charge is 0.222 e. The maximum Gasteiger partial charge on any atom is 0.222 e. The highest BCUT2D eigenvalue weighted by Gasteiger charge is 2.53. The van der Waals surface area contributed by atoms with Gasteiger partial charge in [0, 0.05) is 0 Å². The van der Waals surface area contributed by atoms with Crippen molar-refractivity contribution in [1.29, 1.82) is 0 Å². The molecule has 94 valence electrons. The second kappa shape index (κ2) is 4.40. The highest BCUT2D eigenvalue weighted by atomic mass is 16.2. The van der Waals surface area contributed by atoms with Gasteiger partial charge in [0.1, 0.15) is 0 Å². The molecule has 8 nitrogen and oxygen atoms in total. The van der Waals surface area contributed by atoms with Crippen LogP contribution >= 0.6 is 0 Å². The van der Waals surface area contributed by atoms with Gasteiger partial charge in [-0.3, -0.25) is 19.2 Å². The molecular formula is C9H14N4O4. The van der Waals surface area contributed by atoms with Gasteiger partial charge in [-0.05, 0) is 6.42 Å². The first-order chi connectivity index (χ1) is 7.77. The van der Waals surface area contributed by atoms with E-state index in [9.17, 15) is 19.2 Å². The Bertz CT molecular complexity index is 358. The van der Waals surface area contributed by atoms with E-state index in [4.69, 9.17) is 22.9 Å². The summed E-state index contributed by atoms with van der Waals surface area (Å²) in [5, 5.41) is 0. The summed E-state index contributed by atoms with van der Waals surface area (Å²) in [6.45, 7) is 0. The zero-order valence-electron chi connectivity index (χ0n) is 8.96. The zero-order valence-corrected chi connectivity index (χ0v) is 8.96. The van der Waals surface area contributed by atoms with Gasteiger partial charge in [-0.1, -0.05) is 0 Å². The highest BCUT2D eigenvalue weighted by Crippen LogP contribution is 2.41. The SMILES string of the molecule is NC(=O)C1CC(C(N)=O)C(C(N)=O)C1C(N)=O. The molecule has 8 N–H and O–H groups in total. The molecule has 1 rings (SSSR count). The molecule has 1 aliphatic carbocycles. The second-order valence-corrected chi connectivity index (χ2v) is 4.11. The molecule has 8 heteroatoms. The molecular weight excluding hydrogens is 228 g/mol. The van der Waals surface area contributed by atoms with Crippen LogP contribution in [-0.2, 0) is 19.2 Å². The largest absolute Gasteiger partial charge is 0.369 e. The molecule has 4 amide bonds. The lowest BCUT2D eigenvalue weighted by Crippen LogP contribution is -2.43. The molecule has 0 saturated heterocycles. The highest BCUT2D eigenvalue weighted by molar-refractivity contribution is 5.96. The first kappa shape index (κ1) is 12.9. The van der Waals surface area contributed by atoms with Crippen LogP contribution in [0.5, 0.6) is 0 Å². The van der Waals surface area contributed by atoms with Gasteiger partial charge < -0.3 is 22.9 Å². The third-order valence-electron chi connectivity index (χ3n) is 3.15. The van der Waals surface area contributed by atoms with Crippen LogP contribution in [0.2, 0.25) is 0 Å². The molecule has 0 aromatic carbocycles. The van der Waals surface area contributed by atoms with E-state index < -0.39 is 47.3 Å². The molecule has 4 unspecified atom stereocenters. The zero-order chi connectivity index (χ0) is 13.3. The van der Waals surface area contributed by atoms with Crippen molar-refractivity contribution in [2.45, 2.75) is 6.42 Å². The van der Waals surface area contributed by atoms with Crippen molar-refractivity contribution in [3.63, 3.8) is 0 Å². The number of carbonyl (C=O) groups excluding carboxylic acids is 4. The van der Waals surface area contributed by atoms with E-state index in [0.29, 0.717) is 0 Å². The van der Waals surface area contributed by atoms with Gasteiger partial charge in [-0.2, -0.15) is 0 Å². The van der Waals surface area contributed by atoms with Crippen LogP contribution in [0.1, 0.15) is 6.42 Å². The van der Waals surface area contributed by atoms with E-state index in [2.05, 4.69) is 0 Å². The van der Waals surface area contributed by atoms with Crippen molar-refractivity contribution in [1.82, 2.24) is 0 Å². The Morgan fingerprint density at radius 3 is 1.12 bits per heavy atom.